The highest BCUT2D eigenvalue weighted by atomic mass is 16.6. The van der Waals surface area contributed by atoms with Gasteiger partial charge in [-0.25, -0.2) is 15.6 Å². The van der Waals surface area contributed by atoms with Gasteiger partial charge in [-0.3, -0.25) is 0 Å². The lowest BCUT2D eigenvalue weighted by molar-refractivity contribution is 0.00695. The average Bonchev–Trinajstić information content (AvgIpc) is 2.59. The summed E-state index contributed by atoms with van der Waals surface area (Å²) in [5, 5.41) is 0.760. The van der Waals surface area contributed by atoms with Crippen molar-refractivity contribution in [3.8, 4) is 11.1 Å². The van der Waals surface area contributed by atoms with Crippen LogP contribution in [0.1, 0.15) is 31.1 Å². The standard InChI is InChI=1S/C19H21N5O2/c1-19(2,3)26-17(25)12-6-4-11(5-7-12)13-8-9-15-14(10-13)16(24-21)23-18(20)22-15/h4-10H,21H2,1-3H3,(H3,20,22,23,24). The second-order valence-corrected chi connectivity index (χ2v) is 6.89. The number of nitrogen functional groups attached to an aromatic ring is 2. The molecule has 1 heterocycles. The van der Waals surface area contributed by atoms with Crippen LogP contribution in [0.5, 0.6) is 0 Å². The van der Waals surface area contributed by atoms with Crippen molar-refractivity contribution in [2.75, 3.05) is 11.2 Å². The van der Waals surface area contributed by atoms with Crippen molar-refractivity contribution in [1.82, 2.24) is 9.97 Å². The molecule has 0 saturated heterocycles. The van der Waals surface area contributed by atoms with Gasteiger partial charge in [-0.1, -0.05) is 18.2 Å². The molecule has 0 atom stereocenters. The molecule has 0 bridgehead atoms. The van der Waals surface area contributed by atoms with Gasteiger partial charge in [0.25, 0.3) is 0 Å². The number of nitrogens with two attached hydrogens (primary N) is 2. The Morgan fingerprint density at radius 2 is 1.69 bits per heavy atom. The topological polar surface area (TPSA) is 116 Å². The van der Waals surface area contributed by atoms with Gasteiger partial charge >= 0.3 is 5.97 Å². The van der Waals surface area contributed by atoms with Gasteiger partial charge in [0.1, 0.15) is 5.60 Å². The number of nitrogens with one attached hydrogen (secondary N) is 1. The number of benzene rings is 2. The fourth-order valence-electron chi connectivity index (χ4n) is 2.57. The van der Waals surface area contributed by atoms with Crippen LogP contribution in [0.15, 0.2) is 42.5 Å². The van der Waals surface area contributed by atoms with Crippen molar-refractivity contribution < 1.29 is 9.53 Å². The largest absolute Gasteiger partial charge is 0.456 e. The Bertz CT molecular complexity index is 962. The lowest BCUT2D eigenvalue weighted by Crippen LogP contribution is -2.23. The summed E-state index contributed by atoms with van der Waals surface area (Å²) in [5.74, 6) is 5.79. The smallest absolute Gasteiger partial charge is 0.338 e. The van der Waals surface area contributed by atoms with Crippen LogP contribution >= 0.6 is 0 Å². The van der Waals surface area contributed by atoms with Gasteiger partial charge in [-0.15, -0.1) is 0 Å². The van der Waals surface area contributed by atoms with Gasteiger partial charge in [0.15, 0.2) is 5.82 Å². The second kappa shape index (κ2) is 6.61. The summed E-state index contributed by atoms with van der Waals surface area (Å²) < 4.78 is 5.38. The van der Waals surface area contributed by atoms with Crippen molar-refractivity contribution >= 4 is 28.6 Å². The summed E-state index contributed by atoms with van der Waals surface area (Å²) in [6, 6.07) is 12.9. The third-order valence-corrected chi connectivity index (χ3v) is 3.70. The van der Waals surface area contributed by atoms with E-state index in [0.29, 0.717) is 16.9 Å². The summed E-state index contributed by atoms with van der Waals surface area (Å²) in [5.41, 5.74) is 10.8. The monoisotopic (exact) mass is 351 g/mol. The summed E-state index contributed by atoms with van der Waals surface area (Å²) in [7, 11) is 0. The predicted molar refractivity (Wildman–Crippen MR) is 102 cm³/mol. The van der Waals surface area contributed by atoms with Crippen LogP contribution < -0.4 is 17.0 Å². The van der Waals surface area contributed by atoms with Gasteiger partial charge in [0.2, 0.25) is 5.95 Å². The van der Waals surface area contributed by atoms with Crippen molar-refractivity contribution in [1.29, 1.82) is 0 Å². The third kappa shape index (κ3) is 3.73. The summed E-state index contributed by atoms with van der Waals surface area (Å²) in [4.78, 5) is 20.4. The summed E-state index contributed by atoms with van der Waals surface area (Å²) in [6.45, 7) is 5.52. The first-order chi connectivity index (χ1) is 12.3. The zero-order valence-corrected chi connectivity index (χ0v) is 14.9. The molecule has 0 aliphatic carbocycles. The molecule has 0 fully saturated rings. The number of aromatic nitrogens is 2. The van der Waals surface area contributed by atoms with Crippen molar-refractivity contribution in [2.45, 2.75) is 26.4 Å². The molecule has 1 aromatic heterocycles. The van der Waals surface area contributed by atoms with Gasteiger partial charge in [-0.2, -0.15) is 4.98 Å². The number of carbonyl (C=O) groups excluding carboxylic acids is 1. The van der Waals surface area contributed by atoms with E-state index in [0.717, 1.165) is 16.5 Å². The molecule has 5 N–H and O–H groups in total. The van der Waals surface area contributed by atoms with Crippen LogP contribution in [0.25, 0.3) is 22.0 Å². The predicted octanol–water partition coefficient (Wildman–Crippen LogP) is 3.12. The highest BCUT2D eigenvalue weighted by Crippen LogP contribution is 2.28. The number of hydrogen-bond donors (Lipinski definition) is 3. The highest BCUT2D eigenvalue weighted by Gasteiger charge is 2.17. The molecule has 0 radical (unpaired) electrons. The van der Waals surface area contributed by atoms with Crippen LogP contribution in [-0.4, -0.2) is 21.5 Å². The van der Waals surface area contributed by atoms with Gasteiger partial charge in [-0.05, 0) is 56.2 Å². The summed E-state index contributed by atoms with van der Waals surface area (Å²) in [6.07, 6.45) is 0. The number of carbonyl (C=O) groups is 1. The molecule has 7 heteroatoms. The molecule has 3 rings (SSSR count). The van der Waals surface area contributed by atoms with E-state index in [1.54, 1.807) is 12.1 Å². The second-order valence-electron chi connectivity index (χ2n) is 6.89. The molecule has 3 aromatic rings. The van der Waals surface area contributed by atoms with Crippen LogP contribution in [0, 0.1) is 0 Å². The van der Waals surface area contributed by atoms with Crippen molar-refractivity contribution in [2.24, 2.45) is 5.84 Å². The fraction of sp³-hybridized carbons (Fsp3) is 0.211. The molecule has 26 heavy (non-hydrogen) atoms. The minimum absolute atomic E-state index is 0.153. The molecular weight excluding hydrogens is 330 g/mol. The fourth-order valence-corrected chi connectivity index (χ4v) is 2.57. The van der Waals surface area contributed by atoms with E-state index in [4.69, 9.17) is 16.3 Å². The number of hydrazine groups is 1. The van der Waals surface area contributed by atoms with Crippen LogP contribution in [0.3, 0.4) is 0 Å². The Balaban J connectivity index is 1.94. The average molecular weight is 351 g/mol. The molecule has 0 saturated carbocycles. The van der Waals surface area contributed by atoms with E-state index in [2.05, 4.69) is 15.4 Å². The molecule has 2 aromatic carbocycles. The van der Waals surface area contributed by atoms with E-state index < -0.39 is 5.60 Å². The number of fused-ring (bicyclic) bond motifs is 1. The van der Waals surface area contributed by atoms with Crippen LogP contribution in [0.4, 0.5) is 11.8 Å². The first-order valence-electron chi connectivity index (χ1n) is 8.14. The molecule has 0 aliphatic heterocycles. The van der Waals surface area contributed by atoms with E-state index >= 15 is 0 Å². The van der Waals surface area contributed by atoms with E-state index in [1.807, 2.05) is 51.1 Å². The zero-order chi connectivity index (χ0) is 18.9. The Labute approximate surface area is 151 Å². The molecule has 0 unspecified atom stereocenters. The Hall–Kier alpha value is -3.19. The molecular formula is C19H21N5O2. The first-order valence-corrected chi connectivity index (χ1v) is 8.14. The van der Waals surface area contributed by atoms with Gasteiger partial charge in [0.05, 0.1) is 11.1 Å². The quantitative estimate of drug-likeness (QED) is 0.377. The SMILES string of the molecule is CC(C)(C)OC(=O)c1ccc(-c2ccc3nc(N)nc(NN)c3c2)cc1. The number of ether oxygens (including phenoxy) is 1. The maximum atomic E-state index is 12.1. The van der Waals surface area contributed by atoms with Crippen molar-refractivity contribution in [3.05, 3.63) is 48.0 Å². The van der Waals surface area contributed by atoms with E-state index in [-0.39, 0.29) is 11.9 Å². The molecule has 134 valence electrons. The van der Waals surface area contributed by atoms with E-state index in [9.17, 15) is 4.79 Å². The van der Waals surface area contributed by atoms with Crippen molar-refractivity contribution in [3.63, 3.8) is 0 Å². The first kappa shape index (κ1) is 17.6. The Kier molecular flexibility index (Phi) is 4.48. The Morgan fingerprint density at radius 3 is 2.31 bits per heavy atom. The molecule has 7 nitrogen and oxygen atoms in total. The third-order valence-electron chi connectivity index (χ3n) is 3.70. The highest BCUT2D eigenvalue weighted by molar-refractivity contribution is 5.94. The van der Waals surface area contributed by atoms with Crippen LogP contribution in [-0.2, 0) is 4.74 Å². The lowest BCUT2D eigenvalue weighted by atomic mass is 10.0. The van der Waals surface area contributed by atoms with E-state index in [1.165, 1.54) is 0 Å². The van der Waals surface area contributed by atoms with Gasteiger partial charge in [0, 0.05) is 5.39 Å². The van der Waals surface area contributed by atoms with Gasteiger partial charge < -0.3 is 15.9 Å². The normalized spacial score (nSPS) is 11.4. The van der Waals surface area contributed by atoms with Crippen LogP contribution in [0.2, 0.25) is 0 Å². The number of rotatable bonds is 3. The lowest BCUT2D eigenvalue weighted by Gasteiger charge is -2.19. The minimum atomic E-state index is -0.526. The number of hydrogen-bond acceptors (Lipinski definition) is 7. The minimum Gasteiger partial charge on any atom is -0.456 e. The molecule has 0 amide bonds. The molecule has 0 aliphatic rings. The molecule has 0 spiro atoms. The maximum Gasteiger partial charge on any atom is 0.338 e. The maximum absolute atomic E-state index is 12.1. The zero-order valence-electron chi connectivity index (χ0n) is 14.9. The summed E-state index contributed by atoms with van der Waals surface area (Å²) >= 11 is 0. The Morgan fingerprint density at radius 1 is 1.04 bits per heavy atom. The number of nitrogens with zero attached hydrogens (tertiary/aromatic N) is 2. The number of esters is 1. The number of anilines is 2.